The Bertz CT molecular complexity index is 559. The number of nitrogen functional groups attached to an aromatic ring is 1. The number of nitrogens with two attached hydrogens (primary N) is 1. The highest BCUT2D eigenvalue weighted by Crippen LogP contribution is 2.14. The van der Waals surface area contributed by atoms with E-state index in [-0.39, 0.29) is 5.91 Å². The highest BCUT2D eigenvalue weighted by molar-refractivity contribution is 6.04. The molecule has 2 rings (SSSR count). The topological polar surface area (TPSA) is 83.8 Å². The van der Waals surface area contributed by atoms with Crippen LogP contribution in [-0.4, -0.2) is 16.1 Å². The van der Waals surface area contributed by atoms with Crippen LogP contribution >= 0.6 is 0 Å². The maximum Gasteiger partial charge on any atom is 0.256 e. The van der Waals surface area contributed by atoms with Gasteiger partial charge in [-0.1, -0.05) is 0 Å². The molecule has 0 aliphatic heterocycles. The standard InChI is InChI=1S/C12H14N4O/c1-7-5-9(3-4-10(7)13)12(17)14-11-6-8(2)15-16-11/h3-6H,13H2,1-2H3,(H2,14,15,16,17). The number of rotatable bonds is 2. The maximum absolute atomic E-state index is 11.9. The zero-order valence-corrected chi connectivity index (χ0v) is 9.74. The number of nitrogens with zero attached hydrogens (tertiary/aromatic N) is 1. The summed E-state index contributed by atoms with van der Waals surface area (Å²) in [6.45, 7) is 3.74. The monoisotopic (exact) mass is 230 g/mol. The van der Waals surface area contributed by atoms with Crippen LogP contribution in [0.2, 0.25) is 0 Å². The molecule has 5 heteroatoms. The Morgan fingerprint density at radius 2 is 2.12 bits per heavy atom. The van der Waals surface area contributed by atoms with Gasteiger partial charge in [0.25, 0.3) is 5.91 Å². The van der Waals surface area contributed by atoms with E-state index in [4.69, 9.17) is 5.73 Å². The van der Waals surface area contributed by atoms with Gasteiger partial charge >= 0.3 is 0 Å². The molecule has 0 saturated carbocycles. The van der Waals surface area contributed by atoms with Crippen molar-refractivity contribution in [2.24, 2.45) is 0 Å². The van der Waals surface area contributed by atoms with E-state index in [9.17, 15) is 4.79 Å². The van der Waals surface area contributed by atoms with Gasteiger partial charge in [0, 0.05) is 23.0 Å². The van der Waals surface area contributed by atoms with Crippen LogP contribution < -0.4 is 11.1 Å². The summed E-state index contributed by atoms with van der Waals surface area (Å²) in [5, 5.41) is 9.40. The molecule has 0 fully saturated rings. The van der Waals surface area contributed by atoms with E-state index in [0.717, 1.165) is 11.3 Å². The maximum atomic E-state index is 11.9. The third-order valence-electron chi connectivity index (χ3n) is 2.48. The molecule has 0 aliphatic carbocycles. The Morgan fingerprint density at radius 1 is 1.35 bits per heavy atom. The molecule has 1 heterocycles. The number of hydrogen-bond acceptors (Lipinski definition) is 3. The van der Waals surface area contributed by atoms with Crippen LogP contribution in [0.4, 0.5) is 11.5 Å². The molecule has 0 spiro atoms. The van der Waals surface area contributed by atoms with Crippen molar-refractivity contribution in [3.05, 3.63) is 41.1 Å². The molecule has 0 atom stereocenters. The number of aromatic amines is 1. The molecule has 5 nitrogen and oxygen atoms in total. The predicted octanol–water partition coefficient (Wildman–Crippen LogP) is 1.86. The van der Waals surface area contributed by atoms with Crippen molar-refractivity contribution in [1.29, 1.82) is 0 Å². The van der Waals surface area contributed by atoms with Crippen molar-refractivity contribution in [1.82, 2.24) is 10.2 Å². The van der Waals surface area contributed by atoms with E-state index >= 15 is 0 Å². The van der Waals surface area contributed by atoms with E-state index in [2.05, 4.69) is 15.5 Å². The summed E-state index contributed by atoms with van der Waals surface area (Å²) in [6.07, 6.45) is 0. The van der Waals surface area contributed by atoms with Crippen molar-refractivity contribution in [2.75, 3.05) is 11.1 Å². The highest BCUT2D eigenvalue weighted by Gasteiger charge is 2.08. The zero-order valence-electron chi connectivity index (χ0n) is 9.74. The number of amides is 1. The van der Waals surface area contributed by atoms with Gasteiger partial charge in [0.2, 0.25) is 0 Å². The van der Waals surface area contributed by atoms with E-state index in [1.807, 2.05) is 13.8 Å². The van der Waals surface area contributed by atoms with Gasteiger partial charge in [-0.15, -0.1) is 0 Å². The minimum atomic E-state index is -0.195. The number of aryl methyl sites for hydroxylation is 2. The summed E-state index contributed by atoms with van der Waals surface area (Å²) in [4.78, 5) is 11.9. The Balaban J connectivity index is 2.17. The molecule has 0 saturated heterocycles. The van der Waals surface area contributed by atoms with Gasteiger partial charge in [-0.25, -0.2) is 0 Å². The van der Waals surface area contributed by atoms with Gasteiger partial charge in [0.05, 0.1) is 0 Å². The van der Waals surface area contributed by atoms with Crippen molar-refractivity contribution >= 4 is 17.4 Å². The third-order valence-corrected chi connectivity index (χ3v) is 2.48. The molecule has 1 aromatic carbocycles. The number of hydrogen-bond donors (Lipinski definition) is 3. The van der Waals surface area contributed by atoms with Crippen LogP contribution in [0.15, 0.2) is 24.3 Å². The quantitative estimate of drug-likeness (QED) is 0.688. The lowest BCUT2D eigenvalue weighted by molar-refractivity contribution is 0.102. The molecule has 1 aromatic heterocycles. The number of carbonyl (C=O) groups is 1. The molecule has 0 radical (unpaired) electrons. The van der Waals surface area contributed by atoms with Crippen molar-refractivity contribution < 1.29 is 4.79 Å². The summed E-state index contributed by atoms with van der Waals surface area (Å²) in [7, 11) is 0. The fourth-order valence-electron chi connectivity index (χ4n) is 1.49. The number of nitrogens with one attached hydrogen (secondary N) is 2. The Kier molecular flexibility index (Phi) is 2.82. The fraction of sp³-hybridized carbons (Fsp3) is 0.167. The molecule has 17 heavy (non-hydrogen) atoms. The van der Waals surface area contributed by atoms with Crippen LogP contribution in [-0.2, 0) is 0 Å². The normalized spacial score (nSPS) is 10.2. The first-order chi connectivity index (χ1) is 8.06. The van der Waals surface area contributed by atoms with Crippen LogP contribution in [0.25, 0.3) is 0 Å². The summed E-state index contributed by atoms with van der Waals surface area (Å²) < 4.78 is 0. The molecule has 1 amide bonds. The second-order valence-corrected chi connectivity index (χ2v) is 3.96. The predicted molar refractivity (Wildman–Crippen MR) is 66.9 cm³/mol. The SMILES string of the molecule is Cc1cc(NC(=O)c2ccc(N)c(C)c2)n[nH]1. The van der Waals surface area contributed by atoms with Crippen LogP contribution in [0.3, 0.4) is 0 Å². The average Bonchev–Trinajstić information content (AvgIpc) is 2.68. The third kappa shape index (κ3) is 2.44. The highest BCUT2D eigenvalue weighted by atomic mass is 16.1. The van der Waals surface area contributed by atoms with Crippen LogP contribution in [0.5, 0.6) is 0 Å². The molecule has 4 N–H and O–H groups in total. The van der Waals surface area contributed by atoms with E-state index in [1.165, 1.54) is 0 Å². The summed E-state index contributed by atoms with van der Waals surface area (Å²) >= 11 is 0. The molecule has 0 aliphatic rings. The van der Waals surface area contributed by atoms with E-state index < -0.39 is 0 Å². The minimum Gasteiger partial charge on any atom is -0.399 e. The summed E-state index contributed by atoms with van der Waals surface area (Å²) in [5.74, 6) is 0.321. The first kappa shape index (κ1) is 11.2. The number of carbonyl (C=O) groups excluding carboxylic acids is 1. The lowest BCUT2D eigenvalue weighted by Crippen LogP contribution is -2.12. The van der Waals surface area contributed by atoms with Gasteiger partial charge in [-0.3, -0.25) is 9.89 Å². The fourth-order valence-corrected chi connectivity index (χ4v) is 1.49. The van der Waals surface area contributed by atoms with Crippen molar-refractivity contribution in [3.63, 3.8) is 0 Å². The minimum absolute atomic E-state index is 0.195. The molecule has 0 unspecified atom stereocenters. The van der Waals surface area contributed by atoms with Gasteiger partial charge in [-0.2, -0.15) is 5.10 Å². The number of anilines is 2. The Hall–Kier alpha value is -2.30. The summed E-state index contributed by atoms with van der Waals surface area (Å²) in [6, 6.07) is 6.93. The van der Waals surface area contributed by atoms with Crippen molar-refractivity contribution in [2.45, 2.75) is 13.8 Å². The lowest BCUT2D eigenvalue weighted by Gasteiger charge is -2.04. The van der Waals surface area contributed by atoms with Gasteiger partial charge < -0.3 is 11.1 Å². The first-order valence-electron chi connectivity index (χ1n) is 5.26. The van der Waals surface area contributed by atoms with E-state index in [1.54, 1.807) is 24.3 Å². The van der Waals surface area contributed by atoms with Crippen molar-refractivity contribution in [3.8, 4) is 0 Å². The average molecular weight is 230 g/mol. The second-order valence-electron chi connectivity index (χ2n) is 3.96. The zero-order chi connectivity index (χ0) is 12.4. The van der Waals surface area contributed by atoms with E-state index in [0.29, 0.717) is 17.1 Å². The largest absolute Gasteiger partial charge is 0.399 e. The van der Waals surface area contributed by atoms with Gasteiger partial charge in [0.15, 0.2) is 5.82 Å². The molecule has 0 bridgehead atoms. The Morgan fingerprint density at radius 3 is 2.71 bits per heavy atom. The summed E-state index contributed by atoms with van der Waals surface area (Å²) in [5.41, 5.74) is 8.72. The first-order valence-corrected chi connectivity index (χ1v) is 5.26. The lowest BCUT2D eigenvalue weighted by atomic mass is 10.1. The number of aromatic nitrogens is 2. The van der Waals surface area contributed by atoms with Gasteiger partial charge in [0.1, 0.15) is 0 Å². The second kappa shape index (κ2) is 4.29. The molecular formula is C12H14N4O. The van der Waals surface area contributed by atoms with Crippen LogP contribution in [0, 0.1) is 13.8 Å². The number of H-pyrrole nitrogens is 1. The van der Waals surface area contributed by atoms with Gasteiger partial charge in [-0.05, 0) is 37.6 Å². The Labute approximate surface area is 99.0 Å². The van der Waals surface area contributed by atoms with Crippen LogP contribution in [0.1, 0.15) is 21.6 Å². The number of benzene rings is 1. The smallest absolute Gasteiger partial charge is 0.256 e. The molecular weight excluding hydrogens is 216 g/mol. The molecule has 88 valence electrons. The molecule has 2 aromatic rings.